The minimum Gasteiger partial charge on any atom is -0.435 e. The number of benzene rings is 1. The van der Waals surface area contributed by atoms with Crippen LogP contribution in [0.25, 0.3) is 0 Å². The van der Waals surface area contributed by atoms with Crippen molar-refractivity contribution >= 4 is 41.3 Å². The molecular formula is C15H18F2IN3OS. The second-order valence-electron chi connectivity index (χ2n) is 4.48. The topological polar surface area (TPSA) is 59.6 Å². The van der Waals surface area contributed by atoms with Gasteiger partial charge >= 0.3 is 6.61 Å². The molecule has 0 saturated heterocycles. The lowest BCUT2D eigenvalue weighted by atomic mass is 10.2. The van der Waals surface area contributed by atoms with Gasteiger partial charge in [-0.15, -0.1) is 35.3 Å². The van der Waals surface area contributed by atoms with Crippen LogP contribution in [0.3, 0.4) is 0 Å². The van der Waals surface area contributed by atoms with E-state index in [0.717, 1.165) is 12.0 Å². The quantitative estimate of drug-likeness (QED) is 0.383. The first-order chi connectivity index (χ1) is 10.6. The van der Waals surface area contributed by atoms with Gasteiger partial charge in [0.1, 0.15) is 5.75 Å². The Morgan fingerprint density at radius 2 is 2.13 bits per heavy atom. The van der Waals surface area contributed by atoms with Crippen molar-refractivity contribution in [1.29, 1.82) is 0 Å². The molecule has 2 aromatic rings. The second kappa shape index (κ2) is 10.4. The fourth-order valence-corrected chi connectivity index (χ4v) is 2.53. The fourth-order valence-electron chi connectivity index (χ4n) is 1.82. The maximum absolute atomic E-state index is 12.1. The van der Waals surface area contributed by atoms with E-state index in [0.29, 0.717) is 19.0 Å². The Hall–Kier alpha value is -1.42. The van der Waals surface area contributed by atoms with Gasteiger partial charge < -0.3 is 15.8 Å². The molecule has 1 heterocycles. The molecule has 0 spiro atoms. The molecule has 126 valence electrons. The summed E-state index contributed by atoms with van der Waals surface area (Å²) in [4.78, 5) is 5.45. The van der Waals surface area contributed by atoms with Crippen LogP contribution in [0.5, 0.6) is 5.75 Å². The zero-order chi connectivity index (χ0) is 15.8. The molecule has 3 N–H and O–H groups in total. The number of hydrogen-bond donors (Lipinski definition) is 2. The van der Waals surface area contributed by atoms with Crippen LogP contribution in [-0.4, -0.2) is 19.1 Å². The number of halogens is 3. The normalized spacial score (nSPS) is 11.2. The number of nitrogens with two attached hydrogens (primary N) is 1. The van der Waals surface area contributed by atoms with E-state index < -0.39 is 6.61 Å². The number of thiophene rings is 1. The Kier molecular flexibility index (Phi) is 8.85. The van der Waals surface area contributed by atoms with Gasteiger partial charge in [0.15, 0.2) is 5.96 Å². The average Bonchev–Trinajstić information content (AvgIpc) is 2.98. The third kappa shape index (κ3) is 7.60. The summed E-state index contributed by atoms with van der Waals surface area (Å²) in [6, 6.07) is 10.5. The van der Waals surface area contributed by atoms with Crippen LogP contribution in [0.4, 0.5) is 8.78 Å². The van der Waals surface area contributed by atoms with Gasteiger partial charge in [0.05, 0.1) is 6.54 Å². The van der Waals surface area contributed by atoms with Crippen molar-refractivity contribution < 1.29 is 13.5 Å². The van der Waals surface area contributed by atoms with Crippen LogP contribution < -0.4 is 15.8 Å². The van der Waals surface area contributed by atoms with Crippen molar-refractivity contribution in [2.45, 2.75) is 19.6 Å². The summed E-state index contributed by atoms with van der Waals surface area (Å²) in [5.74, 6) is 0.448. The largest absolute Gasteiger partial charge is 0.435 e. The van der Waals surface area contributed by atoms with Gasteiger partial charge in [0.2, 0.25) is 0 Å². The zero-order valence-electron chi connectivity index (χ0n) is 12.2. The molecule has 4 nitrogen and oxygen atoms in total. The van der Waals surface area contributed by atoms with Crippen LogP contribution in [0.2, 0.25) is 0 Å². The Labute approximate surface area is 154 Å². The Bertz CT molecular complexity index is 609. The smallest absolute Gasteiger partial charge is 0.387 e. The number of aliphatic imine (C=N–C) groups is 1. The molecule has 0 bridgehead atoms. The number of alkyl halides is 2. The van der Waals surface area contributed by atoms with Gasteiger partial charge in [0, 0.05) is 11.4 Å². The van der Waals surface area contributed by atoms with Crippen LogP contribution in [-0.2, 0) is 13.0 Å². The zero-order valence-corrected chi connectivity index (χ0v) is 15.4. The molecule has 0 radical (unpaired) electrons. The van der Waals surface area contributed by atoms with E-state index in [1.165, 1.54) is 17.0 Å². The molecule has 0 atom stereocenters. The van der Waals surface area contributed by atoms with E-state index in [-0.39, 0.29) is 29.7 Å². The molecule has 8 heteroatoms. The Balaban J connectivity index is 0.00000264. The molecule has 0 aliphatic heterocycles. The fraction of sp³-hybridized carbons (Fsp3) is 0.267. The van der Waals surface area contributed by atoms with Gasteiger partial charge in [0.25, 0.3) is 0 Å². The summed E-state index contributed by atoms with van der Waals surface area (Å²) in [7, 11) is 0. The summed E-state index contributed by atoms with van der Waals surface area (Å²) in [6.45, 7) is -1.83. The standard InChI is InChI=1S/C15H17F2N3OS.HI/c16-14(17)21-12-4-1-3-11(9-12)10-20-15(18)19-7-6-13-5-2-8-22-13;/h1-5,8-9,14H,6-7,10H2,(H3,18,19,20);1H. The number of hydrogen-bond acceptors (Lipinski definition) is 3. The molecule has 0 aliphatic rings. The summed E-state index contributed by atoms with van der Waals surface area (Å²) in [5, 5.41) is 5.05. The monoisotopic (exact) mass is 453 g/mol. The molecule has 0 aliphatic carbocycles. The van der Waals surface area contributed by atoms with E-state index in [9.17, 15) is 8.78 Å². The van der Waals surface area contributed by atoms with Crippen LogP contribution >= 0.6 is 35.3 Å². The minimum atomic E-state index is -2.83. The number of nitrogens with one attached hydrogen (secondary N) is 1. The summed E-state index contributed by atoms with van der Waals surface area (Å²) in [5.41, 5.74) is 6.52. The molecule has 0 fully saturated rings. The molecule has 0 unspecified atom stereocenters. The number of ether oxygens (including phenoxy) is 1. The highest BCUT2D eigenvalue weighted by Gasteiger charge is 2.04. The van der Waals surface area contributed by atoms with Gasteiger partial charge in [-0.1, -0.05) is 18.2 Å². The van der Waals surface area contributed by atoms with Gasteiger partial charge in [-0.3, -0.25) is 0 Å². The highest BCUT2D eigenvalue weighted by molar-refractivity contribution is 14.0. The lowest BCUT2D eigenvalue weighted by Crippen LogP contribution is -2.33. The number of nitrogens with zero attached hydrogens (tertiary/aromatic N) is 1. The van der Waals surface area contributed by atoms with Gasteiger partial charge in [-0.05, 0) is 35.6 Å². The summed E-state index contributed by atoms with van der Waals surface area (Å²) < 4.78 is 28.6. The van der Waals surface area contributed by atoms with Crippen molar-refractivity contribution in [2.24, 2.45) is 10.7 Å². The maximum Gasteiger partial charge on any atom is 0.387 e. The molecule has 2 rings (SSSR count). The predicted molar refractivity (Wildman–Crippen MR) is 99.8 cm³/mol. The average molecular weight is 453 g/mol. The van der Waals surface area contributed by atoms with Crippen molar-refractivity contribution in [3.63, 3.8) is 0 Å². The highest BCUT2D eigenvalue weighted by Crippen LogP contribution is 2.16. The first-order valence-corrected chi connectivity index (χ1v) is 7.61. The lowest BCUT2D eigenvalue weighted by Gasteiger charge is -2.07. The van der Waals surface area contributed by atoms with Crippen LogP contribution in [0.1, 0.15) is 10.4 Å². The highest BCUT2D eigenvalue weighted by atomic mass is 127. The lowest BCUT2D eigenvalue weighted by molar-refractivity contribution is -0.0498. The number of guanidine groups is 1. The Morgan fingerprint density at radius 1 is 1.30 bits per heavy atom. The first-order valence-electron chi connectivity index (χ1n) is 6.73. The van der Waals surface area contributed by atoms with E-state index in [1.54, 1.807) is 23.5 Å². The molecule has 1 aromatic heterocycles. The van der Waals surface area contributed by atoms with Crippen molar-refractivity contribution in [3.8, 4) is 5.75 Å². The van der Waals surface area contributed by atoms with Crippen molar-refractivity contribution in [1.82, 2.24) is 5.32 Å². The Morgan fingerprint density at radius 3 is 2.83 bits per heavy atom. The van der Waals surface area contributed by atoms with Crippen LogP contribution in [0, 0.1) is 0 Å². The summed E-state index contributed by atoms with van der Waals surface area (Å²) in [6.07, 6.45) is 0.881. The van der Waals surface area contributed by atoms with E-state index in [1.807, 2.05) is 11.4 Å². The predicted octanol–water partition coefficient (Wildman–Crippen LogP) is 3.61. The van der Waals surface area contributed by atoms with E-state index in [2.05, 4.69) is 21.1 Å². The van der Waals surface area contributed by atoms with Gasteiger partial charge in [-0.25, -0.2) is 4.99 Å². The minimum absolute atomic E-state index is 0. The second-order valence-corrected chi connectivity index (χ2v) is 5.52. The summed E-state index contributed by atoms with van der Waals surface area (Å²) >= 11 is 1.70. The van der Waals surface area contributed by atoms with Crippen molar-refractivity contribution in [3.05, 3.63) is 52.2 Å². The maximum atomic E-state index is 12.1. The third-order valence-corrected chi connectivity index (χ3v) is 3.75. The van der Waals surface area contributed by atoms with Gasteiger partial charge in [-0.2, -0.15) is 8.78 Å². The number of rotatable bonds is 7. The first kappa shape index (κ1) is 19.6. The third-order valence-electron chi connectivity index (χ3n) is 2.81. The molecule has 1 aromatic carbocycles. The molecule has 0 amide bonds. The van der Waals surface area contributed by atoms with E-state index >= 15 is 0 Å². The molecular weight excluding hydrogens is 435 g/mol. The van der Waals surface area contributed by atoms with E-state index in [4.69, 9.17) is 5.73 Å². The van der Waals surface area contributed by atoms with Crippen molar-refractivity contribution in [2.75, 3.05) is 6.54 Å². The molecule has 23 heavy (non-hydrogen) atoms. The molecule has 0 saturated carbocycles. The van der Waals surface area contributed by atoms with Crippen LogP contribution in [0.15, 0.2) is 46.8 Å². The SMILES string of the molecule is I.NC(=NCc1cccc(OC(F)F)c1)NCCc1cccs1.